The molecular formula is C22H19ClF3N5. The van der Waals surface area contributed by atoms with Crippen LogP contribution in [0.1, 0.15) is 11.1 Å². The van der Waals surface area contributed by atoms with Crippen molar-refractivity contribution in [1.82, 2.24) is 10.3 Å². The van der Waals surface area contributed by atoms with Crippen LogP contribution >= 0.6 is 11.6 Å². The van der Waals surface area contributed by atoms with E-state index < -0.39 is 23.4 Å². The van der Waals surface area contributed by atoms with Gasteiger partial charge in [0.25, 0.3) is 0 Å². The number of nitrogens with zero attached hydrogens (tertiary/aromatic N) is 2. The monoisotopic (exact) mass is 445 g/mol. The summed E-state index contributed by atoms with van der Waals surface area (Å²) in [7, 11) is 0. The average Bonchev–Trinajstić information content (AvgIpc) is 2.67. The van der Waals surface area contributed by atoms with Crippen molar-refractivity contribution in [2.24, 2.45) is 16.5 Å². The third kappa shape index (κ3) is 4.08. The van der Waals surface area contributed by atoms with E-state index >= 15 is 0 Å². The Hall–Kier alpha value is -3.10. The topological polar surface area (TPSA) is 89.3 Å². The van der Waals surface area contributed by atoms with E-state index in [-0.39, 0.29) is 6.42 Å². The number of nitrogens with one attached hydrogen (secondary N) is 1. The van der Waals surface area contributed by atoms with Gasteiger partial charge >= 0.3 is 6.18 Å². The van der Waals surface area contributed by atoms with Gasteiger partial charge in [0, 0.05) is 28.6 Å². The highest BCUT2D eigenvalue weighted by Gasteiger charge is 2.41. The predicted molar refractivity (Wildman–Crippen MR) is 116 cm³/mol. The zero-order chi connectivity index (χ0) is 22.4. The number of amidine groups is 1. The van der Waals surface area contributed by atoms with Crippen LogP contribution in [0.25, 0.3) is 22.2 Å². The summed E-state index contributed by atoms with van der Waals surface area (Å²) in [5.41, 5.74) is 14.5. The number of aromatic nitrogens is 1. The largest absolute Gasteiger partial charge is 0.421 e. The van der Waals surface area contributed by atoms with Gasteiger partial charge in [-0.2, -0.15) is 13.2 Å². The van der Waals surface area contributed by atoms with E-state index in [4.69, 9.17) is 28.1 Å². The van der Waals surface area contributed by atoms with Crippen molar-refractivity contribution in [3.05, 3.63) is 76.5 Å². The van der Waals surface area contributed by atoms with Gasteiger partial charge in [-0.3, -0.25) is 5.73 Å². The van der Waals surface area contributed by atoms with Gasteiger partial charge in [-0.15, -0.1) is 0 Å². The predicted octanol–water partition coefficient (Wildman–Crippen LogP) is 4.43. The maximum Gasteiger partial charge on any atom is 0.421 e. The summed E-state index contributed by atoms with van der Waals surface area (Å²) in [6.45, 7) is 1.95. The molecule has 160 valence electrons. The Balaban J connectivity index is 1.83. The Morgan fingerprint density at radius 3 is 2.55 bits per heavy atom. The van der Waals surface area contributed by atoms with Crippen molar-refractivity contribution in [3.8, 4) is 11.3 Å². The zero-order valence-electron chi connectivity index (χ0n) is 16.5. The fraction of sp³-hybridized carbons (Fsp3) is 0.182. The number of rotatable bonds is 3. The van der Waals surface area contributed by atoms with Gasteiger partial charge in [0.1, 0.15) is 11.4 Å². The number of hydrogen-bond acceptors (Lipinski definition) is 5. The van der Waals surface area contributed by atoms with Gasteiger partial charge in [-0.05, 0) is 30.2 Å². The SMILES string of the molecule is Cc1cccc2cc(CC3(N)N=C(N)C(C(F)(F)F)=CN3)c(-c3ccccc3Cl)nc12. The van der Waals surface area contributed by atoms with Crippen molar-refractivity contribution in [3.63, 3.8) is 0 Å². The fourth-order valence-electron chi connectivity index (χ4n) is 3.60. The molecule has 1 aliphatic rings. The van der Waals surface area contributed by atoms with Crippen molar-refractivity contribution in [2.45, 2.75) is 25.3 Å². The van der Waals surface area contributed by atoms with Crippen LogP contribution in [0.15, 0.2) is 65.3 Å². The molecule has 0 spiro atoms. The Morgan fingerprint density at radius 1 is 1.13 bits per heavy atom. The molecule has 0 radical (unpaired) electrons. The van der Waals surface area contributed by atoms with Gasteiger partial charge in [0.2, 0.25) is 0 Å². The lowest BCUT2D eigenvalue weighted by Gasteiger charge is -2.31. The number of alkyl halides is 3. The van der Waals surface area contributed by atoms with Gasteiger partial charge < -0.3 is 11.1 Å². The van der Waals surface area contributed by atoms with Crippen molar-refractivity contribution in [2.75, 3.05) is 0 Å². The summed E-state index contributed by atoms with van der Waals surface area (Å²) < 4.78 is 39.2. The molecule has 0 amide bonds. The summed E-state index contributed by atoms with van der Waals surface area (Å²) in [5, 5.41) is 3.91. The normalized spacial score (nSPS) is 19.0. The standard InChI is InChI=1S/C22H19ClF3N5/c1-12-5-4-6-13-9-14(19(30-18(12)13)15-7-2-3-8-17(15)23)10-21(28)29-11-16(20(27)31-21)22(24,25)26/h2-9,11,29H,10,28H2,1H3,(H2,27,31). The Labute approximate surface area is 181 Å². The van der Waals surface area contributed by atoms with Crippen molar-refractivity contribution >= 4 is 28.3 Å². The molecule has 0 bridgehead atoms. The molecular weight excluding hydrogens is 427 g/mol. The van der Waals surface area contributed by atoms with Gasteiger partial charge in [0.15, 0.2) is 5.79 Å². The molecule has 31 heavy (non-hydrogen) atoms. The highest BCUT2D eigenvalue weighted by atomic mass is 35.5. The number of benzene rings is 2. The first kappa shape index (κ1) is 21.1. The molecule has 1 aromatic heterocycles. The quantitative estimate of drug-likeness (QED) is 0.556. The minimum atomic E-state index is -4.63. The zero-order valence-corrected chi connectivity index (χ0v) is 17.2. The third-order valence-electron chi connectivity index (χ3n) is 5.08. The van der Waals surface area contributed by atoms with E-state index in [0.29, 0.717) is 21.8 Å². The molecule has 5 nitrogen and oxygen atoms in total. The van der Waals surface area contributed by atoms with Crippen LogP contribution in [0.2, 0.25) is 5.02 Å². The molecule has 1 aliphatic heterocycles. The van der Waals surface area contributed by atoms with Crippen LogP contribution in [0.3, 0.4) is 0 Å². The smallest absolute Gasteiger partial charge is 0.383 e. The lowest BCUT2D eigenvalue weighted by Crippen LogP contribution is -2.56. The number of halogens is 4. The van der Waals surface area contributed by atoms with E-state index in [1.165, 1.54) is 0 Å². The summed E-state index contributed by atoms with van der Waals surface area (Å²) >= 11 is 6.42. The van der Waals surface area contributed by atoms with Crippen LogP contribution in [-0.4, -0.2) is 22.8 Å². The van der Waals surface area contributed by atoms with E-state index in [1.54, 1.807) is 12.1 Å². The van der Waals surface area contributed by atoms with E-state index in [1.807, 2.05) is 43.3 Å². The summed E-state index contributed by atoms with van der Waals surface area (Å²) in [4.78, 5) is 8.76. The number of aliphatic imine (C=N–C) groups is 1. The van der Waals surface area contributed by atoms with E-state index in [0.717, 1.165) is 22.7 Å². The van der Waals surface area contributed by atoms with Crippen LogP contribution < -0.4 is 16.8 Å². The molecule has 0 fully saturated rings. The lowest BCUT2D eigenvalue weighted by molar-refractivity contribution is -0.0870. The average molecular weight is 446 g/mol. The van der Waals surface area contributed by atoms with E-state index in [9.17, 15) is 13.2 Å². The molecule has 5 N–H and O–H groups in total. The number of hydrogen-bond donors (Lipinski definition) is 3. The van der Waals surface area contributed by atoms with Crippen molar-refractivity contribution < 1.29 is 13.2 Å². The van der Waals surface area contributed by atoms with Gasteiger partial charge in [-0.25, -0.2) is 9.98 Å². The maximum absolute atomic E-state index is 13.1. The summed E-state index contributed by atoms with van der Waals surface area (Å²) in [6.07, 6.45) is -3.84. The number of para-hydroxylation sites is 1. The Kier molecular flexibility index (Phi) is 5.15. The van der Waals surface area contributed by atoms with Crippen LogP contribution in [-0.2, 0) is 6.42 Å². The first-order valence-electron chi connectivity index (χ1n) is 9.41. The molecule has 9 heteroatoms. The lowest BCUT2D eigenvalue weighted by atomic mass is 9.97. The van der Waals surface area contributed by atoms with Crippen LogP contribution in [0.5, 0.6) is 0 Å². The minimum Gasteiger partial charge on any atom is -0.383 e. The molecule has 2 heterocycles. The molecule has 3 aromatic rings. The number of aryl methyl sites for hydroxylation is 1. The summed E-state index contributed by atoms with van der Waals surface area (Å²) in [6, 6.07) is 14.9. The van der Waals surface area contributed by atoms with Gasteiger partial charge in [0.05, 0.1) is 11.2 Å². The van der Waals surface area contributed by atoms with Crippen LogP contribution in [0, 0.1) is 6.92 Å². The summed E-state index contributed by atoms with van der Waals surface area (Å²) in [5.74, 6) is -2.24. The molecule has 1 atom stereocenters. The van der Waals surface area contributed by atoms with Gasteiger partial charge in [-0.1, -0.05) is 48.0 Å². The van der Waals surface area contributed by atoms with Crippen molar-refractivity contribution in [1.29, 1.82) is 0 Å². The first-order valence-corrected chi connectivity index (χ1v) is 9.79. The van der Waals surface area contributed by atoms with E-state index in [2.05, 4.69) is 10.3 Å². The second-order valence-electron chi connectivity index (χ2n) is 7.42. The second kappa shape index (κ2) is 7.55. The number of nitrogens with two attached hydrogens (primary N) is 2. The highest BCUT2D eigenvalue weighted by Crippen LogP contribution is 2.34. The minimum absolute atomic E-state index is 0.0345. The molecule has 1 unspecified atom stereocenters. The molecule has 0 saturated heterocycles. The first-order chi connectivity index (χ1) is 14.6. The molecule has 4 rings (SSSR count). The number of pyridine rings is 1. The Morgan fingerprint density at radius 2 is 1.87 bits per heavy atom. The van der Waals surface area contributed by atoms with Crippen LogP contribution in [0.4, 0.5) is 13.2 Å². The highest BCUT2D eigenvalue weighted by molar-refractivity contribution is 6.33. The third-order valence-corrected chi connectivity index (χ3v) is 5.41. The molecule has 0 aliphatic carbocycles. The maximum atomic E-state index is 13.1. The Bertz CT molecular complexity index is 1240. The molecule has 2 aromatic carbocycles. The number of fused-ring (bicyclic) bond motifs is 1. The second-order valence-corrected chi connectivity index (χ2v) is 7.83. The molecule has 0 saturated carbocycles. The fourth-order valence-corrected chi connectivity index (χ4v) is 3.82.